The number of carbonyl (C=O) groups excluding carboxylic acids is 1. The van der Waals surface area contributed by atoms with Crippen molar-refractivity contribution in [2.75, 3.05) is 13.2 Å². The van der Waals surface area contributed by atoms with Gasteiger partial charge in [0.15, 0.2) is 5.65 Å². The van der Waals surface area contributed by atoms with E-state index in [1.165, 1.54) is 21.4 Å². The van der Waals surface area contributed by atoms with E-state index in [1.807, 2.05) is 27.7 Å². The number of carboxylic acids is 1. The summed E-state index contributed by atoms with van der Waals surface area (Å²) in [5.41, 5.74) is -0.282. The largest absolute Gasteiger partial charge is 0.478 e. The number of aromatic carboxylic acids is 1. The molecular weight excluding hydrogens is 364 g/mol. The van der Waals surface area contributed by atoms with Crippen LogP contribution in [0.2, 0.25) is 0 Å². The molecular formula is C19H28N4O5. The number of nitrogens with zero attached hydrogens (tertiary/aromatic N) is 3. The normalized spacial score (nSPS) is 12.9. The first kappa shape index (κ1) is 21.6. The molecule has 2 rings (SSSR count). The molecule has 0 aliphatic carbocycles. The molecule has 0 saturated carbocycles. The monoisotopic (exact) mass is 392 g/mol. The Morgan fingerprint density at radius 2 is 2.00 bits per heavy atom. The van der Waals surface area contributed by atoms with E-state index in [-0.39, 0.29) is 18.0 Å². The maximum absolute atomic E-state index is 13.1. The van der Waals surface area contributed by atoms with Crippen LogP contribution in [0.1, 0.15) is 57.4 Å². The maximum Gasteiger partial charge on any atom is 0.337 e. The van der Waals surface area contributed by atoms with Gasteiger partial charge in [-0.3, -0.25) is 13.9 Å². The molecule has 1 atom stereocenters. The van der Waals surface area contributed by atoms with Gasteiger partial charge in [-0.25, -0.2) is 14.6 Å². The van der Waals surface area contributed by atoms with Gasteiger partial charge < -0.3 is 15.2 Å². The first-order valence-electron chi connectivity index (χ1n) is 9.34. The molecule has 0 spiro atoms. The van der Waals surface area contributed by atoms with Crippen molar-refractivity contribution in [1.82, 2.24) is 19.4 Å². The first-order chi connectivity index (χ1) is 13.1. The SMILES string of the molecule is CCOCCn1c(=O)n([C@@H](CC)C(=O)NC(C)(C)C)c2cc(C(=O)O)cnc21. The van der Waals surface area contributed by atoms with Gasteiger partial charge in [0.05, 0.1) is 24.2 Å². The third-order valence-corrected chi connectivity index (χ3v) is 4.21. The molecule has 0 aromatic carbocycles. The summed E-state index contributed by atoms with van der Waals surface area (Å²) in [6.07, 6.45) is 1.57. The molecule has 1 amide bonds. The third-order valence-electron chi connectivity index (χ3n) is 4.21. The Balaban J connectivity index is 2.65. The molecule has 9 heteroatoms. The average molecular weight is 392 g/mol. The molecule has 0 fully saturated rings. The van der Waals surface area contributed by atoms with Crippen LogP contribution in [0.5, 0.6) is 0 Å². The van der Waals surface area contributed by atoms with Crippen molar-refractivity contribution in [3.8, 4) is 0 Å². The van der Waals surface area contributed by atoms with Crippen LogP contribution < -0.4 is 11.0 Å². The summed E-state index contributed by atoms with van der Waals surface area (Å²) < 4.78 is 8.10. The number of imidazole rings is 1. The van der Waals surface area contributed by atoms with E-state index in [0.29, 0.717) is 30.8 Å². The quantitative estimate of drug-likeness (QED) is 0.662. The number of amides is 1. The summed E-state index contributed by atoms with van der Waals surface area (Å²) in [5, 5.41) is 12.2. The predicted octanol–water partition coefficient (Wildman–Crippen LogP) is 1.80. The van der Waals surface area contributed by atoms with Gasteiger partial charge in [-0.15, -0.1) is 0 Å². The van der Waals surface area contributed by atoms with Crippen LogP contribution >= 0.6 is 0 Å². The Morgan fingerprint density at radius 1 is 1.32 bits per heavy atom. The number of carbonyl (C=O) groups is 2. The number of aromatic nitrogens is 3. The second-order valence-corrected chi connectivity index (χ2v) is 7.54. The van der Waals surface area contributed by atoms with Crippen LogP contribution in [0, 0.1) is 0 Å². The lowest BCUT2D eigenvalue weighted by Gasteiger charge is -2.25. The standard InChI is InChI=1S/C19H28N4O5/c1-6-13(16(24)21-19(3,4)5)23-14-10-12(17(25)26)11-20-15(14)22(18(23)27)8-9-28-7-2/h10-11,13H,6-9H2,1-5H3,(H,21,24)(H,25,26)/t13-/m0/s1. The van der Waals surface area contributed by atoms with E-state index in [2.05, 4.69) is 10.3 Å². The zero-order chi connectivity index (χ0) is 21.1. The fraction of sp³-hybridized carbons (Fsp3) is 0.579. The second kappa shape index (κ2) is 8.55. The highest BCUT2D eigenvalue weighted by atomic mass is 16.5. The summed E-state index contributed by atoms with van der Waals surface area (Å²) in [6, 6.07) is 0.601. The van der Waals surface area contributed by atoms with Gasteiger partial charge in [-0.2, -0.15) is 0 Å². The molecule has 0 saturated heterocycles. The van der Waals surface area contributed by atoms with Crippen LogP contribution in [0.3, 0.4) is 0 Å². The van der Waals surface area contributed by atoms with Gasteiger partial charge in [0.25, 0.3) is 0 Å². The summed E-state index contributed by atoms with van der Waals surface area (Å²) in [4.78, 5) is 41.5. The third kappa shape index (κ3) is 4.59. The Hall–Kier alpha value is -2.68. The highest BCUT2D eigenvalue weighted by molar-refractivity contribution is 5.91. The summed E-state index contributed by atoms with van der Waals surface area (Å²) in [7, 11) is 0. The Labute approximate surface area is 163 Å². The molecule has 154 valence electrons. The summed E-state index contributed by atoms with van der Waals surface area (Å²) in [6.45, 7) is 10.3. The zero-order valence-corrected chi connectivity index (χ0v) is 17.0. The number of rotatable bonds is 8. The van der Waals surface area contributed by atoms with Gasteiger partial charge in [0.1, 0.15) is 6.04 Å². The minimum Gasteiger partial charge on any atom is -0.478 e. The highest BCUT2D eigenvalue weighted by Crippen LogP contribution is 2.20. The molecule has 9 nitrogen and oxygen atoms in total. The Bertz CT molecular complexity index is 923. The van der Waals surface area contributed by atoms with Gasteiger partial charge in [-0.05, 0) is 40.2 Å². The molecule has 2 aromatic rings. The lowest BCUT2D eigenvalue weighted by molar-refractivity contribution is -0.125. The minimum atomic E-state index is -1.15. The Kier molecular flexibility index (Phi) is 6.60. The number of nitrogens with one attached hydrogen (secondary N) is 1. The second-order valence-electron chi connectivity index (χ2n) is 7.54. The van der Waals surface area contributed by atoms with Gasteiger partial charge in [-0.1, -0.05) is 6.92 Å². The van der Waals surface area contributed by atoms with Crippen molar-refractivity contribution >= 4 is 23.0 Å². The van der Waals surface area contributed by atoms with Crippen LogP contribution in [0.25, 0.3) is 11.2 Å². The highest BCUT2D eigenvalue weighted by Gasteiger charge is 2.28. The lowest BCUT2D eigenvalue weighted by atomic mass is 10.1. The average Bonchev–Trinajstić information content (AvgIpc) is 2.86. The van der Waals surface area contributed by atoms with E-state index in [4.69, 9.17) is 4.74 Å². The summed E-state index contributed by atoms with van der Waals surface area (Å²) in [5.74, 6) is -1.45. The van der Waals surface area contributed by atoms with Crippen molar-refractivity contribution in [3.63, 3.8) is 0 Å². The van der Waals surface area contributed by atoms with Crippen molar-refractivity contribution in [2.24, 2.45) is 0 Å². The van der Waals surface area contributed by atoms with E-state index < -0.39 is 23.2 Å². The molecule has 0 bridgehead atoms. The fourth-order valence-electron chi connectivity index (χ4n) is 3.01. The number of hydrogen-bond donors (Lipinski definition) is 2. The molecule has 0 aliphatic rings. The molecule has 0 unspecified atom stereocenters. The van der Waals surface area contributed by atoms with E-state index in [0.717, 1.165) is 0 Å². The van der Waals surface area contributed by atoms with Crippen molar-refractivity contribution < 1.29 is 19.4 Å². The number of pyridine rings is 1. The van der Waals surface area contributed by atoms with Gasteiger partial charge >= 0.3 is 11.7 Å². The molecule has 2 N–H and O–H groups in total. The minimum absolute atomic E-state index is 0.0470. The molecule has 0 radical (unpaired) electrons. The predicted molar refractivity (Wildman–Crippen MR) is 105 cm³/mol. The van der Waals surface area contributed by atoms with E-state index in [1.54, 1.807) is 6.92 Å². The smallest absolute Gasteiger partial charge is 0.337 e. The number of hydrogen-bond acceptors (Lipinski definition) is 5. The summed E-state index contributed by atoms with van der Waals surface area (Å²) >= 11 is 0. The molecule has 0 aliphatic heterocycles. The maximum atomic E-state index is 13.1. The molecule has 28 heavy (non-hydrogen) atoms. The van der Waals surface area contributed by atoms with Crippen LogP contribution in [-0.4, -0.2) is 49.9 Å². The van der Waals surface area contributed by atoms with Gasteiger partial charge in [0.2, 0.25) is 5.91 Å². The lowest BCUT2D eigenvalue weighted by Crippen LogP contribution is -2.46. The molecule has 2 aromatic heterocycles. The van der Waals surface area contributed by atoms with Crippen LogP contribution in [0.15, 0.2) is 17.1 Å². The number of ether oxygens (including phenoxy) is 1. The van der Waals surface area contributed by atoms with Crippen LogP contribution in [-0.2, 0) is 16.1 Å². The van der Waals surface area contributed by atoms with Crippen LogP contribution in [0.4, 0.5) is 0 Å². The number of fused-ring (bicyclic) bond motifs is 1. The molecule has 2 heterocycles. The van der Waals surface area contributed by atoms with Crippen molar-refractivity contribution in [2.45, 2.75) is 59.2 Å². The van der Waals surface area contributed by atoms with E-state index in [9.17, 15) is 19.5 Å². The topological polar surface area (TPSA) is 115 Å². The number of carboxylic acid groups (broad SMARTS) is 1. The Morgan fingerprint density at radius 3 is 2.54 bits per heavy atom. The van der Waals surface area contributed by atoms with Crippen molar-refractivity contribution in [1.29, 1.82) is 0 Å². The fourth-order valence-corrected chi connectivity index (χ4v) is 3.01. The first-order valence-corrected chi connectivity index (χ1v) is 9.34. The van der Waals surface area contributed by atoms with E-state index >= 15 is 0 Å². The zero-order valence-electron chi connectivity index (χ0n) is 17.0. The van der Waals surface area contributed by atoms with Gasteiger partial charge in [0, 0.05) is 18.3 Å². The van der Waals surface area contributed by atoms with Crippen molar-refractivity contribution in [3.05, 3.63) is 28.3 Å².